The van der Waals surface area contributed by atoms with Gasteiger partial charge in [0.15, 0.2) is 0 Å². The van der Waals surface area contributed by atoms with Crippen molar-refractivity contribution >= 4 is 23.5 Å². The van der Waals surface area contributed by atoms with Crippen LogP contribution in [0.3, 0.4) is 0 Å². The van der Waals surface area contributed by atoms with E-state index in [1.807, 2.05) is 69.0 Å². The first-order valence-electron chi connectivity index (χ1n) is 12.0. The van der Waals surface area contributed by atoms with Crippen LogP contribution in [0.2, 0.25) is 0 Å². The molecule has 7 nitrogen and oxygen atoms in total. The van der Waals surface area contributed by atoms with Crippen molar-refractivity contribution in [3.05, 3.63) is 65.2 Å². The van der Waals surface area contributed by atoms with Crippen molar-refractivity contribution in [1.82, 2.24) is 15.5 Å². The van der Waals surface area contributed by atoms with Crippen molar-refractivity contribution in [1.29, 1.82) is 0 Å². The molecule has 7 heteroatoms. The average molecular weight is 465 g/mol. The molecule has 3 N–H and O–H groups in total. The number of carbonyl (C=O) groups is 3. The Morgan fingerprint density at radius 2 is 1.59 bits per heavy atom. The lowest BCUT2D eigenvalue weighted by atomic mass is 9.95. The lowest BCUT2D eigenvalue weighted by Crippen LogP contribution is -2.54. The fourth-order valence-electron chi connectivity index (χ4n) is 4.12. The maximum atomic E-state index is 13.3. The molecule has 3 rings (SSSR count). The molecule has 1 heterocycles. The highest BCUT2D eigenvalue weighted by Gasteiger charge is 2.32. The summed E-state index contributed by atoms with van der Waals surface area (Å²) < 4.78 is 0. The lowest BCUT2D eigenvalue weighted by molar-refractivity contribution is -0.136. The summed E-state index contributed by atoms with van der Waals surface area (Å²) in [5.74, 6) is -0.179. The predicted octanol–water partition coefficient (Wildman–Crippen LogP) is 4.12. The molecule has 1 aliphatic rings. The predicted molar refractivity (Wildman–Crippen MR) is 135 cm³/mol. The third-order valence-corrected chi connectivity index (χ3v) is 6.22. The second kappa shape index (κ2) is 11.7. The van der Waals surface area contributed by atoms with Crippen molar-refractivity contribution < 1.29 is 14.4 Å². The summed E-state index contributed by atoms with van der Waals surface area (Å²) in [6.45, 7) is 9.56. The molecular weight excluding hydrogens is 428 g/mol. The molecule has 4 amide bonds. The summed E-state index contributed by atoms with van der Waals surface area (Å²) in [5, 5.41) is 8.70. The van der Waals surface area contributed by atoms with E-state index in [1.54, 1.807) is 12.1 Å². The zero-order chi connectivity index (χ0) is 24.7. The second-order valence-electron chi connectivity index (χ2n) is 9.55. The van der Waals surface area contributed by atoms with E-state index in [2.05, 4.69) is 16.0 Å². The van der Waals surface area contributed by atoms with Gasteiger partial charge in [-0.2, -0.15) is 0 Å². The van der Waals surface area contributed by atoms with Crippen LogP contribution in [0.1, 0.15) is 48.2 Å². The molecule has 2 atom stereocenters. The van der Waals surface area contributed by atoms with Crippen LogP contribution >= 0.6 is 0 Å². The monoisotopic (exact) mass is 464 g/mol. The van der Waals surface area contributed by atoms with E-state index in [9.17, 15) is 14.4 Å². The summed E-state index contributed by atoms with van der Waals surface area (Å²) in [6, 6.07) is 14.1. The Labute approximate surface area is 202 Å². The lowest BCUT2D eigenvalue weighted by Gasteiger charge is -2.36. The molecule has 0 aliphatic carbocycles. The van der Waals surface area contributed by atoms with Crippen molar-refractivity contribution in [3.63, 3.8) is 0 Å². The van der Waals surface area contributed by atoms with E-state index in [0.717, 1.165) is 29.7 Å². The van der Waals surface area contributed by atoms with E-state index in [0.29, 0.717) is 25.2 Å². The van der Waals surface area contributed by atoms with Gasteiger partial charge in [0, 0.05) is 30.9 Å². The molecule has 0 bridgehead atoms. The molecular formula is C27H36N4O3. The van der Waals surface area contributed by atoms with Crippen LogP contribution in [0.5, 0.6) is 0 Å². The third kappa shape index (κ3) is 7.07. The van der Waals surface area contributed by atoms with Gasteiger partial charge in [0.2, 0.25) is 5.91 Å². The molecule has 34 heavy (non-hydrogen) atoms. The number of likely N-dealkylation sites (tertiary alicyclic amines) is 1. The number of nitrogens with zero attached hydrogens (tertiary/aromatic N) is 1. The first-order valence-corrected chi connectivity index (χ1v) is 12.0. The number of carbonyl (C=O) groups excluding carboxylic acids is 3. The van der Waals surface area contributed by atoms with Gasteiger partial charge in [0.1, 0.15) is 6.04 Å². The number of piperidine rings is 1. The summed E-state index contributed by atoms with van der Waals surface area (Å²) >= 11 is 0. The number of nitrogens with one attached hydrogen (secondary N) is 3. The van der Waals surface area contributed by atoms with Gasteiger partial charge in [-0.25, -0.2) is 4.79 Å². The Kier molecular flexibility index (Phi) is 8.68. The molecule has 182 valence electrons. The minimum atomic E-state index is -0.592. The van der Waals surface area contributed by atoms with Gasteiger partial charge in [0.25, 0.3) is 5.91 Å². The van der Waals surface area contributed by atoms with E-state index >= 15 is 0 Å². The number of amides is 4. The second-order valence-corrected chi connectivity index (χ2v) is 9.55. The van der Waals surface area contributed by atoms with Crippen LogP contribution in [0, 0.1) is 25.7 Å². The molecule has 1 saturated heterocycles. The van der Waals surface area contributed by atoms with Crippen LogP contribution in [-0.4, -0.2) is 48.4 Å². The fraction of sp³-hybridized carbons (Fsp3) is 0.444. The van der Waals surface area contributed by atoms with Gasteiger partial charge in [-0.15, -0.1) is 0 Å². The molecule has 2 aromatic rings. The zero-order valence-electron chi connectivity index (χ0n) is 20.6. The Morgan fingerprint density at radius 1 is 0.971 bits per heavy atom. The molecule has 0 aromatic heterocycles. The Bertz CT molecular complexity index is 986. The van der Waals surface area contributed by atoms with Crippen molar-refractivity contribution in [3.8, 4) is 0 Å². The highest BCUT2D eigenvalue weighted by molar-refractivity contribution is 5.97. The SMILES string of the molecule is Cc1ccc(NC(=O)NC[C@@H]2CCCN(C(=O)[C@@H](NC(=O)c3ccc(C)cc3)C(C)C)C2)cc1. The van der Waals surface area contributed by atoms with Crippen LogP contribution < -0.4 is 16.0 Å². The van der Waals surface area contributed by atoms with Crippen LogP contribution in [-0.2, 0) is 4.79 Å². The fourth-order valence-corrected chi connectivity index (χ4v) is 4.12. The largest absolute Gasteiger partial charge is 0.341 e. The van der Waals surface area contributed by atoms with Gasteiger partial charge in [0.05, 0.1) is 0 Å². The molecule has 0 unspecified atom stereocenters. The van der Waals surface area contributed by atoms with Gasteiger partial charge in [-0.1, -0.05) is 49.2 Å². The first-order chi connectivity index (χ1) is 16.2. The molecule has 1 aliphatic heterocycles. The number of anilines is 1. The summed E-state index contributed by atoms with van der Waals surface area (Å²) in [7, 11) is 0. The number of aryl methyl sites for hydroxylation is 2. The number of hydrogen-bond acceptors (Lipinski definition) is 3. The highest BCUT2D eigenvalue weighted by atomic mass is 16.2. The third-order valence-electron chi connectivity index (χ3n) is 6.22. The van der Waals surface area contributed by atoms with Crippen molar-refractivity contribution in [2.24, 2.45) is 11.8 Å². The smallest absolute Gasteiger partial charge is 0.319 e. The minimum absolute atomic E-state index is 0.0410. The van der Waals surface area contributed by atoms with E-state index in [4.69, 9.17) is 0 Å². The van der Waals surface area contributed by atoms with Crippen LogP contribution in [0.25, 0.3) is 0 Å². The number of urea groups is 1. The van der Waals surface area contributed by atoms with Crippen molar-refractivity contribution in [2.75, 3.05) is 25.0 Å². The molecule has 0 saturated carbocycles. The zero-order valence-corrected chi connectivity index (χ0v) is 20.6. The standard InChI is InChI=1S/C27H36N4O3/c1-18(2)24(30-25(32)22-11-7-19(3)8-12-22)26(33)31-15-5-6-21(17-31)16-28-27(34)29-23-13-9-20(4)10-14-23/h7-14,18,21,24H,5-6,15-17H2,1-4H3,(H,30,32)(H2,28,29,34)/t21-,24-/m0/s1. The summed E-state index contributed by atoms with van der Waals surface area (Å²) in [6.07, 6.45) is 1.81. The maximum absolute atomic E-state index is 13.3. The number of hydrogen-bond donors (Lipinski definition) is 3. The Hall–Kier alpha value is -3.35. The Morgan fingerprint density at radius 3 is 2.21 bits per heavy atom. The van der Waals surface area contributed by atoms with Gasteiger partial charge in [-0.05, 0) is 62.8 Å². The highest BCUT2D eigenvalue weighted by Crippen LogP contribution is 2.19. The maximum Gasteiger partial charge on any atom is 0.319 e. The first kappa shape index (κ1) is 25.3. The summed E-state index contributed by atoms with van der Waals surface area (Å²) in [5.41, 5.74) is 3.50. The van der Waals surface area contributed by atoms with Crippen LogP contribution in [0.15, 0.2) is 48.5 Å². The normalized spacial score (nSPS) is 16.6. The summed E-state index contributed by atoms with van der Waals surface area (Å²) in [4.78, 5) is 40.2. The van der Waals surface area contributed by atoms with E-state index in [-0.39, 0.29) is 29.7 Å². The molecule has 0 spiro atoms. The average Bonchev–Trinajstić information content (AvgIpc) is 2.82. The number of benzene rings is 2. The topological polar surface area (TPSA) is 90.5 Å². The van der Waals surface area contributed by atoms with Crippen molar-refractivity contribution in [2.45, 2.75) is 46.6 Å². The molecule has 0 radical (unpaired) electrons. The molecule has 2 aromatic carbocycles. The van der Waals surface area contributed by atoms with Gasteiger partial charge in [-0.3, -0.25) is 9.59 Å². The van der Waals surface area contributed by atoms with Crippen LogP contribution in [0.4, 0.5) is 10.5 Å². The number of rotatable bonds is 7. The van der Waals surface area contributed by atoms with Gasteiger partial charge < -0.3 is 20.9 Å². The van der Waals surface area contributed by atoms with Gasteiger partial charge >= 0.3 is 6.03 Å². The Balaban J connectivity index is 1.53. The van der Waals surface area contributed by atoms with E-state index < -0.39 is 6.04 Å². The molecule has 1 fully saturated rings. The minimum Gasteiger partial charge on any atom is -0.341 e. The quantitative estimate of drug-likeness (QED) is 0.576. The van der Waals surface area contributed by atoms with E-state index in [1.165, 1.54) is 0 Å².